The standard InChI is InChI=1S/C28H28N6O/c1-19(21-10-8-20(13-29)9-11-21)14-31-27(22-6-4-3-5-7-22)26-17-30-25-12-23(15-32-28(25)35-26)24-16-33-34(2)18-24/h3-12,15-16,18-19,26-27,30-31H,14,17H2,1-2H3/t19?,26-,27+/m0/s1. The SMILES string of the molecule is CC(CN[C@H](c1ccccc1)[C@@H]1CNc2cc(-c3cnn(C)c3)cnc2O1)c1ccc(C#N)cc1. The van der Waals surface area contributed by atoms with Gasteiger partial charge in [-0.15, -0.1) is 0 Å². The summed E-state index contributed by atoms with van der Waals surface area (Å²) in [5.41, 5.74) is 5.95. The Kier molecular flexibility index (Phi) is 6.47. The van der Waals surface area contributed by atoms with Crippen LogP contribution in [-0.2, 0) is 7.05 Å². The average Bonchev–Trinajstić information content (AvgIpc) is 3.35. The molecule has 176 valence electrons. The third kappa shape index (κ3) is 5.03. The first-order valence-electron chi connectivity index (χ1n) is 11.8. The normalized spacial score (nSPS) is 16.3. The lowest BCUT2D eigenvalue weighted by atomic mass is 9.96. The molecule has 7 heteroatoms. The summed E-state index contributed by atoms with van der Waals surface area (Å²) < 4.78 is 8.20. The Bertz CT molecular complexity index is 1330. The largest absolute Gasteiger partial charge is 0.469 e. The fraction of sp³-hybridized carbons (Fsp3) is 0.250. The van der Waals surface area contributed by atoms with Crippen molar-refractivity contribution in [2.24, 2.45) is 7.05 Å². The van der Waals surface area contributed by atoms with Crippen molar-refractivity contribution in [1.82, 2.24) is 20.1 Å². The molecule has 0 amide bonds. The zero-order valence-corrected chi connectivity index (χ0v) is 19.8. The number of aryl methyl sites for hydroxylation is 1. The second-order valence-corrected chi connectivity index (χ2v) is 8.95. The van der Waals surface area contributed by atoms with Gasteiger partial charge in [0, 0.05) is 37.1 Å². The minimum atomic E-state index is -0.130. The third-order valence-electron chi connectivity index (χ3n) is 6.43. The molecule has 0 spiro atoms. The summed E-state index contributed by atoms with van der Waals surface area (Å²) in [5.74, 6) is 0.884. The van der Waals surface area contributed by atoms with Crippen LogP contribution in [0, 0.1) is 11.3 Å². The lowest BCUT2D eigenvalue weighted by molar-refractivity contribution is 0.149. The Hall–Kier alpha value is -4.15. The van der Waals surface area contributed by atoms with Crippen molar-refractivity contribution in [2.45, 2.75) is 25.0 Å². The van der Waals surface area contributed by atoms with E-state index in [2.05, 4.69) is 64.0 Å². The topological polar surface area (TPSA) is 87.8 Å². The van der Waals surface area contributed by atoms with Crippen molar-refractivity contribution >= 4 is 5.69 Å². The molecule has 0 fully saturated rings. The summed E-state index contributed by atoms with van der Waals surface area (Å²) in [6.07, 6.45) is 5.51. The van der Waals surface area contributed by atoms with Crippen molar-refractivity contribution in [3.05, 3.63) is 95.9 Å². The summed E-state index contributed by atoms with van der Waals surface area (Å²) in [7, 11) is 1.90. The maximum atomic E-state index is 9.07. The van der Waals surface area contributed by atoms with E-state index in [1.807, 2.05) is 56.0 Å². The zero-order chi connectivity index (χ0) is 24.2. The van der Waals surface area contributed by atoms with Crippen LogP contribution in [0.3, 0.4) is 0 Å². The molecule has 0 radical (unpaired) electrons. The Morgan fingerprint density at radius 1 is 1.11 bits per heavy atom. The van der Waals surface area contributed by atoms with E-state index in [9.17, 15) is 0 Å². The first kappa shape index (κ1) is 22.6. The molecule has 1 unspecified atom stereocenters. The molecule has 0 saturated heterocycles. The van der Waals surface area contributed by atoms with E-state index >= 15 is 0 Å². The van der Waals surface area contributed by atoms with Crippen LogP contribution >= 0.6 is 0 Å². The molecule has 0 saturated carbocycles. The summed E-state index contributed by atoms with van der Waals surface area (Å²) in [5, 5.41) is 20.6. The van der Waals surface area contributed by atoms with Gasteiger partial charge in [-0.05, 0) is 35.2 Å². The molecule has 2 aromatic heterocycles. The quantitative estimate of drug-likeness (QED) is 0.414. The van der Waals surface area contributed by atoms with Crippen LogP contribution < -0.4 is 15.4 Å². The van der Waals surface area contributed by atoms with Gasteiger partial charge < -0.3 is 15.4 Å². The Morgan fingerprint density at radius 2 is 1.91 bits per heavy atom. The van der Waals surface area contributed by atoms with Crippen LogP contribution in [-0.4, -0.2) is 34.0 Å². The number of benzene rings is 2. The number of aromatic nitrogens is 3. The highest BCUT2D eigenvalue weighted by molar-refractivity contribution is 5.69. The van der Waals surface area contributed by atoms with E-state index < -0.39 is 0 Å². The Morgan fingerprint density at radius 3 is 2.63 bits per heavy atom. The smallest absolute Gasteiger partial charge is 0.237 e. The molecular weight excluding hydrogens is 436 g/mol. The number of nitriles is 1. The fourth-order valence-electron chi connectivity index (χ4n) is 4.41. The maximum absolute atomic E-state index is 9.07. The third-order valence-corrected chi connectivity index (χ3v) is 6.43. The van der Waals surface area contributed by atoms with Crippen molar-refractivity contribution in [1.29, 1.82) is 5.26 Å². The van der Waals surface area contributed by atoms with Gasteiger partial charge in [0.05, 0.1) is 36.1 Å². The zero-order valence-electron chi connectivity index (χ0n) is 19.8. The van der Waals surface area contributed by atoms with E-state index in [-0.39, 0.29) is 18.1 Å². The van der Waals surface area contributed by atoms with Gasteiger partial charge in [0.1, 0.15) is 6.10 Å². The molecule has 7 nitrogen and oxygen atoms in total. The number of nitrogens with one attached hydrogen (secondary N) is 2. The van der Waals surface area contributed by atoms with Crippen LogP contribution in [0.5, 0.6) is 5.88 Å². The number of anilines is 1. The molecule has 2 aromatic carbocycles. The summed E-state index contributed by atoms with van der Waals surface area (Å²) in [4.78, 5) is 4.61. The fourth-order valence-corrected chi connectivity index (χ4v) is 4.41. The van der Waals surface area contributed by atoms with Gasteiger partial charge in [-0.2, -0.15) is 10.4 Å². The van der Waals surface area contributed by atoms with E-state index in [1.165, 1.54) is 11.1 Å². The van der Waals surface area contributed by atoms with E-state index in [0.717, 1.165) is 23.4 Å². The molecule has 3 heterocycles. The predicted octanol–water partition coefficient (Wildman–Crippen LogP) is 4.66. The lowest BCUT2D eigenvalue weighted by Crippen LogP contribution is -2.43. The summed E-state index contributed by atoms with van der Waals surface area (Å²) in [6.45, 7) is 3.61. The molecule has 5 rings (SSSR count). The second kappa shape index (κ2) is 10.00. The summed E-state index contributed by atoms with van der Waals surface area (Å²) in [6, 6.07) is 22.4. The van der Waals surface area contributed by atoms with Gasteiger partial charge in [-0.3, -0.25) is 4.68 Å². The number of fused-ring (bicyclic) bond motifs is 1. The van der Waals surface area contributed by atoms with Crippen LogP contribution in [0.25, 0.3) is 11.1 Å². The van der Waals surface area contributed by atoms with Gasteiger partial charge in [-0.1, -0.05) is 49.4 Å². The van der Waals surface area contributed by atoms with Gasteiger partial charge in [0.25, 0.3) is 0 Å². The first-order valence-corrected chi connectivity index (χ1v) is 11.8. The van der Waals surface area contributed by atoms with Gasteiger partial charge in [-0.25, -0.2) is 4.98 Å². The van der Waals surface area contributed by atoms with E-state index in [0.29, 0.717) is 18.0 Å². The van der Waals surface area contributed by atoms with Crippen LogP contribution in [0.2, 0.25) is 0 Å². The average molecular weight is 465 g/mol. The minimum absolute atomic E-state index is 0.0162. The minimum Gasteiger partial charge on any atom is -0.469 e. The molecule has 2 N–H and O–H groups in total. The number of ether oxygens (including phenoxy) is 1. The molecule has 0 bridgehead atoms. The van der Waals surface area contributed by atoms with Crippen LogP contribution in [0.15, 0.2) is 79.3 Å². The number of rotatable bonds is 7. The highest BCUT2D eigenvalue weighted by Gasteiger charge is 2.30. The number of nitrogens with zero attached hydrogens (tertiary/aromatic N) is 4. The van der Waals surface area contributed by atoms with Gasteiger partial charge in [0.15, 0.2) is 0 Å². The van der Waals surface area contributed by atoms with Crippen molar-refractivity contribution in [3.8, 4) is 23.1 Å². The van der Waals surface area contributed by atoms with E-state index in [1.54, 1.807) is 4.68 Å². The number of pyridine rings is 1. The Balaban J connectivity index is 1.33. The van der Waals surface area contributed by atoms with Gasteiger partial charge >= 0.3 is 0 Å². The van der Waals surface area contributed by atoms with Crippen LogP contribution in [0.4, 0.5) is 5.69 Å². The highest BCUT2D eigenvalue weighted by atomic mass is 16.5. The number of hydrogen-bond acceptors (Lipinski definition) is 6. The molecule has 4 aromatic rings. The molecule has 35 heavy (non-hydrogen) atoms. The molecule has 1 aliphatic rings. The predicted molar refractivity (Wildman–Crippen MR) is 136 cm³/mol. The molecule has 3 atom stereocenters. The highest BCUT2D eigenvalue weighted by Crippen LogP contribution is 2.34. The van der Waals surface area contributed by atoms with Crippen molar-refractivity contribution in [3.63, 3.8) is 0 Å². The monoisotopic (exact) mass is 464 g/mol. The van der Waals surface area contributed by atoms with Crippen molar-refractivity contribution < 1.29 is 4.74 Å². The van der Waals surface area contributed by atoms with Gasteiger partial charge in [0.2, 0.25) is 5.88 Å². The molecule has 1 aliphatic heterocycles. The first-order chi connectivity index (χ1) is 17.1. The maximum Gasteiger partial charge on any atom is 0.237 e. The lowest BCUT2D eigenvalue weighted by Gasteiger charge is -2.34. The van der Waals surface area contributed by atoms with E-state index in [4.69, 9.17) is 10.00 Å². The molecular formula is C28H28N6O. The Labute approximate surface area is 205 Å². The number of hydrogen-bond donors (Lipinski definition) is 2. The van der Waals surface area contributed by atoms with Crippen LogP contribution in [0.1, 0.15) is 35.6 Å². The van der Waals surface area contributed by atoms with Crippen molar-refractivity contribution in [2.75, 3.05) is 18.4 Å². The molecule has 0 aliphatic carbocycles. The summed E-state index contributed by atoms with van der Waals surface area (Å²) >= 11 is 0. The second-order valence-electron chi connectivity index (χ2n) is 8.95.